The Hall–Kier alpha value is -0.930. The van der Waals surface area contributed by atoms with Crippen molar-refractivity contribution in [3.05, 3.63) is 35.6 Å². The van der Waals surface area contributed by atoms with E-state index >= 15 is 0 Å². The Morgan fingerprint density at radius 3 is 2.92 bits per heavy atom. The van der Waals surface area contributed by atoms with Gasteiger partial charge in [-0.2, -0.15) is 0 Å². The van der Waals surface area contributed by atoms with Crippen LogP contribution in [-0.2, 0) is 4.74 Å². The summed E-state index contributed by atoms with van der Waals surface area (Å²) in [5, 5.41) is 3.01. The zero-order chi connectivity index (χ0) is 8.39. The van der Waals surface area contributed by atoms with E-state index in [1.807, 2.05) is 6.07 Å². The molecule has 1 heterocycles. The van der Waals surface area contributed by atoms with E-state index in [1.165, 1.54) is 6.07 Å². The molecule has 1 aromatic rings. The number of rotatable bonds is 1. The Morgan fingerprint density at radius 1 is 1.42 bits per heavy atom. The molecule has 1 aliphatic heterocycles. The van der Waals surface area contributed by atoms with Gasteiger partial charge in [-0.25, -0.2) is 4.39 Å². The molecule has 2 nitrogen and oxygen atoms in total. The summed E-state index contributed by atoms with van der Waals surface area (Å²) < 4.78 is 18.4. The Kier molecular flexibility index (Phi) is 2.06. The molecule has 0 aromatic heterocycles. The minimum atomic E-state index is -0.189. The smallest absolute Gasteiger partial charge is 0.129 e. The lowest BCUT2D eigenvalue weighted by atomic mass is 10.1. The van der Waals surface area contributed by atoms with E-state index in [0.717, 1.165) is 0 Å². The average Bonchev–Trinajstić information content (AvgIpc) is 2.57. The Labute approximate surface area is 70.3 Å². The maximum atomic E-state index is 13.1. The summed E-state index contributed by atoms with van der Waals surface area (Å²) in [6, 6.07) is 6.71. The Morgan fingerprint density at radius 2 is 2.25 bits per heavy atom. The van der Waals surface area contributed by atoms with Gasteiger partial charge in [0.1, 0.15) is 5.82 Å². The van der Waals surface area contributed by atoms with Crippen molar-refractivity contribution in [2.24, 2.45) is 0 Å². The molecular formula is C9H10FNO. The highest BCUT2D eigenvalue weighted by Gasteiger charge is 2.19. The third-order valence-corrected chi connectivity index (χ3v) is 1.97. The molecule has 1 saturated heterocycles. The zero-order valence-electron chi connectivity index (χ0n) is 6.59. The van der Waals surface area contributed by atoms with Gasteiger partial charge in [0.2, 0.25) is 0 Å². The van der Waals surface area contributed by atoms with Gasteiger partial charge in [0.15, 0.2) is 0 Å². The molecule has 0 bridgehead atoms. The minimum Gasteiger partial charge on any atom is -0.357 e. The molecule has 0 saturated carbocycles. The third kappa shape index (κ3) is 1.33. The van der Waals surface area contributed by atoms with Crippen molar-refractivity contribution >= 4 is 0 Å². The molecule has 1 aliphatic rings. The van der Waals surface area contributed by atoms with Gasteiger partial charge in [-0.05, 0) is 6.07 Å². The van der Waals surface area contributed by atoms with E-state index in [9.17, 15) is 4.39 Å². The SMILES string of the molecule is Fc1ccccc1C1CNCO1. The molecule has 64 valence electrons. The van der Waals surface area contributed by atoms with Crippen molar-refractivity contribution in [1.29, 1.82) is 0 Å². The van der Waals surface area contributed by atoms with Gasteiger partial charge in [-0.15, -0.1) is 0 Å². The van der Waals surface area contributed by atoms with Crippen LogP contribution in [0.2, 0.25) is 0 Å². The Bertz CT molecular complexity index is 271. The highest BCUT2D eigenvalue weighted by Crippen LogP contribution is 2.21. The number of hydrogen-bond acceptors (Lipinski definition) is 2. The highest BCUT2D eigenvalue weighted by atomic mass is 19.1. The molecule has 1 unspecified atom stereocenters. The summed E-state index contributed by atoms with van der Waals surface area (Å²) in [7, 11) is 0. The summed E-state index contributed by atoms with van der Waals surface area (Å²) in [5.74, 6) is -0.189. The fourth-order valence-electron chi connectivity index (χ4n) is 1.34. The number of hydrogen-bond donors (Lipinski definition) is 1. The van der Waals surface area contributed by atoms with Crippen LogP contribution in [0.3, 0.4) is 0 Å². The lowest BCUT2D eigenvalue weighted by Crippen LogP contribution is -2.08. The normalized spacial score (nSPS) is 22.9. The summed E-state index contributed by atoms with van der Waals surface area (Å²) >= 11 is 0. The molecule has 1 fully saturated rings. The molecule has 0 spiro atoms. The monoisotopic (exact) mass is 167 g/mol. The van der Waals surface area contributed by atoms with Crippen LogP contribution >= 0.6 is 0 Å². The van der Waals surface area contributed by atoms with Crippen LogP contribution in [0, 0.1) is 5.82 Å². The molecule has 2 rings (SSSR count). The lowest BCUT2D eigenvalue weighted by Gasteiger charge is -2.08. The van der Waals surface area contributed by atoms with Gasteiger partial charge in [0.25, 0.3) is 0 Å². The first-order valence-corrected chi connectivity index (χ1v) is 3.94. The van der Waals surface area contributed by atoms with E-state index in [0.29, 0.717) is 18.8 Å². The predicted octanol–water partition coefficient (Wildman–Crippen LogP) is 1.44. The molecule has 0 amide bonds. The van der Waals surface area contributed by atoms with Crippen molar-refractivity contribution in [1.82, 2.24) is 5.32 Å². The second kappa shape index (κ2) is 3.21. The average molecular weight is 167 g/mol. The van der Waals surface area contributed by atoms with E-state index in [2.05, 4.69) is 5.32 Å². The Balaban J connectivity index is 2.26. The lowest BCUT2D eigenvalue weighted by molar-refractivity contribution is 0.111. The summed E-state index contributed by atoms with van der Waals surface area (Å²) in [5.41, 5.74) is 0.641. The van der Waals surface area contributed by atoms with E-state index < -0.39 is 0 Å². The molecule has 1 atom stereocenters. The fourth-order valence-corrected chi connectivity index (χ4v) is 1.34. The largest absolute Gasteiger partial charge is 0.357 e. The van der Waals surface area contributed by atoms with Crippen molar-refractivity contribution in [2.45, 2.75) is 6.10 Å². The maximum Gasteiger partial charge on any atom is 0.129 e. The molecule has 1 aromatic carbocycles. The summed E-state index contributed by atoms with van der Waals surface area (Å²) in [6.07, 6.45) is -0.119. The number of halogens is 1. The maximum absolute atomic E-state index is 13.1. The van der Waals surface area contributed by atoms with Gasteiger partial charge >= 0.3 is 0 Å². The predicted molar refractivity (Wildman–Crippen MR) is 43.1 cm³/mol. The number of benzene rings is 1. The minimum absolute atomic E-state index is 0.119. The van der Waals surface area contributed by atoms with Gasteiger partial charge in [-0.1, -0.05) is 18.2 Å². The summed E-state index contributed by atoms with van der Waals surface area (Å²) in [4.78, 5) is 0. The number of nitrogens with one attached hydrogen (secondary N) is 1. The van der Waals surface area contributed by atoms with Crippen LogP contribution in [0.5, 0.6) is 0 Å². The van der Waals surface area contributed by atoms with Gasteiger partial charge in [0.05, 0.1) is 12.8 Å². The van der Waals surface area contributed by atoms with Crippen molar-refractivity contribution in [3.8, 4) is 0 Å². The van der Waals surface area contributed by atoms with Crippen LogP contribution in [0.25, 0.3) is 0 Å². The fraction of sp³-hybridized carbons (Fsp3) is 0.333. The molecule has 1 N–H and O–H groups in total. The molecule has 0 aliphatic carbocycles. The highest BCUT2D eigenvalue weighted by molar-refractivity contribution is 5.20. The molecule has 3 heteroatoms. The third-order valence-electron chi connectivity index (χ3n) is 1.97. The first-order chi connectivity index (χ1) is 5.88. The van der Waals surface area contributed by atoms with E-state index in [1.54, 1.807) is 12.1 Å². The van der Waals surface area contributed by atoms with Crippen LogP contribution in [0.1, 0.15) is 11.7 Å². The standard InChI is InChI=1S/C9H10FNO/c10-8-4-2-1-3-7(8)9-5-11-6-12-9/h1-4,9,11H,5-6H2. The first kappa shape index (κ1) is 7.71. The van der Waals surface area contributed by atoms with Crippen molar-refractivity contribution in [2.75, 3.05) is 13.3 Å². The second-order valence-electron chi connectivity index (χ2n) is 2.78. The van der Waals surface area contributed by atoms with Crippen LogP contribution < -0.4 is 5.32 Å². The van der Waals surface area contributed by atoms with Crippen molar-refractivity contribution in [3.63, 3.8) is 0 Å². The van der Waals surface area contributed by atoms with E-state index in [-0.39, 0.29) is 11.9 Å². The van der Waals surface area contributed by atoms with E-state index in [4.69, 9.17) is 4.74 Å². The molecule has 0 radical (unpaired) electrons. The van der Waals surface area contributed by atoms with Gasteiger partial charge < -0.3 is 4.74 Å². The quantitative estimate of drug-likeness (QED) is 0.683. The van der Waals surface area contributed by atoms with Crippen molar-refractivity contribution < 1.29 is 9.13 Å². The topological polar surface area (TPSA) is 21.3 Å². The second-order valence-corrected chi connectivity index (χ2v) is 2.78. The number of ether oxygens (including phenoxy) is 1. The first-order valence-electron chi connectivity index (χ1n) is 3.94. The summed E-state index contributed by atoms with van der Waals surface area (Å²) in [6.45, 7) is 1.21. The van der Waals surface area contributed by atoms with Crippen LogP contribution in [0.15, 0.2) is 24.3 Å². The van der Waals surface area contributed by atoms with Crippen LogP contribution in [0.4, 0.5) is 4.39 Å². The molecule has 12 heavy (non-hydrogen) atoms. The van der Waals surface area contributed by atoms with Gasteiger partial charge in [-0.3, -0.25) is 5.32 Å². The van der Waals surface area contributed by atoms with Gasteiger partial charge in [0, 0.05) is 12.1 Å². The molecular weight excluding hydrogens is 157 g/mol. The zero-order valence-corrected chi connectivity index (χ0v) is 6.59. The van der Waals surface area contributed by atoms with Crippen LogP contribution in [-0.4, -0.2) is 13.3 Å².